The highest BCUT2D eigenvalue weighted by molar-refractivity contribution is 7.11. The number of aromatic nitrogens is 1. The van der Waals surface area contributed by atoms with Gasteiger partial charge in [-0.1, -0.05) is 60.3 Å². The van der Waals surface area contributed by atoms with E-state index in [0.29, 0.717) is 11.8 Å². The zero-order valence-electron chi connectivity index (χ0n) is 16.2. The maximum atomic E-state index is 4.47. The van der Waals surface area contributed by atoms with Crippen LogP contribution >= 0.6 is 11.3 Å². The molecule has 0 radical (unpaired) electrons. The molecule has 0 fully saturated rings. The summed E-state index contributed by atoms with van der Waals surface area (Å²) in [6.07, 6.45) is 1.97. The van der Waals surface area contributed by atoms with Crippen molar-refractivity contribution in [2.24, 2.45) is 5.92 Å². The maximum absolute atomic E-state index is 4.47. The van der Waals surface area contributed by atoms with Gasteiger partial charge in [0.05, 0.1) is 23.4 Å². The van der Waals surface area contributed by atoms with Gasteiger partial charge in [-0.3, -0.25) is 0 Å². The highest BCUT2D eigenvalue weighted by Gasteiger charge is 2.16. The normalized spacial score (nSPS) is 11.7. The molecule has 23 heavy (non-hydrogen) atoms. The van der Waals surface area contributed by atoms with E-state index in [0.717, 1.165) is 17.9 Å². The molecule has 1 aromatic heterocycles. The van der Waals surface area contributed by atoms with Gasteiger partial charge in [-0.2, -0.15) is 0 Å². The molecule has 0 aromatic carbocycles. The van der Waals surface area contributed by atoms with Gasteiger partial charge in [-0.15, -0.1) is 11.3 Å². The second-order valence-corrected chi connectivity index (χ2v) is 7.48. The van der Waals surface area contributed by atoms with Crippen molar-refractivity contribution in [1.29, 1.82) is 0 Å². The van der Waals surface area contributed by atoms with Crippen molar-refractivity contribution < 1.29 is 0 Å². The molecule has 1 N–H and O–H groups in total. The fourth-order valence-electron chi connectivity index (χ4n) is 2.14. The molecule has 0 aliphatic rings. The minimum absolute atomic E-state index is 0.257. The summed E-state index contributed by atoms with van der Waals surface area (Å²) in [5.41, 5.74) is 1.14. The molecule has 1 heterocycles. The van der Waals surface area contributed by atoms with Crippen LogP contribution in [0.1, 0.15) is 64.3 Å². The summed E-state index contributed by atoms with van der Waals surface area (Å²) in [5.74, 6) is 1.91. The first-order valence-electron chi connectivity index (χ1n) is 8.49. The van der Waals surface area contributed by atoms with Gasteiger partial charge in [0.25, 0.3) is 0 Å². The van der Waals surface area contributed by atoms with Crippen molar-refractivity contribution >= 4 is 11.3 Å². The Kier molecular flexibility index (Phi) is 9.89. The van der Waals surface area contributed by atoms with E-state index in [1.165, 1.54) is 9.88 Å². The maximum Gasteiger partial charge on any atom is 0.0953 e. The van der Waals surface area contributed by atoms with Gasteiger partial charge in [-0.25, -0.2) is 4.98 Å². The molecule has 0 spiro atoms. The highest BCUT2D eigenvalue weighted by atomic mass is 32.1. The average Bonchev–Trinajstić information content (AvgIpc) is 2.94. The van der Waals surface area contributed by atoms with E-state index in [4.69, 9.17) is 0 Å². The molecular formula is C19H35N3S. The Morgan fingerprint density at radius 1 is 1.26 bits per heavy atom. The zero-order valence-corrected chi connectivity index (χ0v) is 17.0. The zero-order chi connectivity index (χ0) is 18.2. The fraction of sp³-hybridized carbons (Fsp3) is 0.632. The van der Waals surface area contributed by atoms with Gasteiger partial charge in [0, 0.05) is 24.0 Å². The fourth-order valence-corrected chi connectivity index (χ4v) is 3.11. The molecule has 0 saturated carbocycles. The van der Waals surface area contributed by atoms with E-state index in [1.54, 1.807) is 11.3 Å². The third kappa shape index (κ3) is 7.21. The number of nitrogens with one attached hydrogen (secondary N) is 1. The van der Waals surface area contributed by atoms with Crippen molar-refractivity contribution in [3.63, 3.8) is 0 Å². The Labute approximate surface area is 147 Å². The van der Waals surface area contributed by atoms with Crippen LogP contribution < -0.4 is 5.32 Å². The van der Waals surface area contributed by atoms with Gasteiger partial charge in [0.2, 0.25) is 0 Å². The number of rotatable bonds is 8. The van der Waals surface area contributed by atoms with Crippen molar-refractivity contribution in [2.75, 3.05) is 7.05 Å². The Morgan fingerprint density at radius 2 is 1.83 bits per heavy atom. The summed E-state index contributed by atoms with van der Waals surface area (Å²) >= 11 is 1.78. The first kappa shape index (κ1) is 21.7. The standard InChI is InChI=1S/C17H29N3S.C2H6/c1-11(2)16(12(3)4)19-14(7)20(8)10-15-9-18-17(21-15)13(5)6;1-2/h9,12-13,16,19H,1,7,10H2,2-6,8H3;1-2H3. The van der Waals surface area contributed by atoms with Crippen molar-refractivity contribution in [3.05, 3.63) is 40.6 Å². The van der Waals surface area contributed by atoms with Crippen molar-refractivity contribution in [3.8, 4) is 0 Å². The summed E-state index contributed by atoms with van der Waals surface area (Å²) < 4.78 is 0. The second kappa shape index (κ2) is 10.5. The van der Waals surface area contributed by atoms with E-state index < -0.39 is 0 Å². The minimum Gasteiger partial charge on any atom is -0.366 e. The molecule has 0 saturated heterocycles. The molecule has 0 aliphatic heterocycles. The van der Waals surface area contributed by atoms with Gasteiger partial charge >= 0.3 is 0 Å². The summed E-state index contributed by atoms with van der Waals surface area (Å²) in [6, 6.07) is 0.257. The van der Waals surface area contributed by atoms with Crippen LogP contribution in [0.25, 0.3) is 0 Å². The van der Waals surface area contributed by atoms with E-state index in [1.807, 2.05) is 20.0 Å². The average molecular weight is 338 g/mol. The third-order valence-corrected chi connectivity index (χ3v) is 4.72. The van der Waals surface area contributed by atoms with Crippen LogP contribution in [-0.4, -0.2) is 23.0 Å². The predicted octanol–water partition coefficient (Wildman–Crippen LogP) is 5.39. The molecular weight excluding hydrogens is 302 g/mol. The summed E-state index contributed by atoms with van der Waals surface area (Å²) in [7, 11) is 2.06. The molecule has 4 heteroatoms. The number of thiazole rings is 1. The van der Waals surface area contributed by atoms with E-state index in [9.17, 15) is 0 Å². The minimum atomic E-state index is 0.257. The Balaban J connectivity index is 0.00000232. The molecule has 132 valence electrons. The highest BCUT2D eigenvalue weighted by Crippen LogP contribution is 2.22. The van der Waals surface area contributed by atoms with Crippen LogP contribution in [0.4, 0.5) is 0 Å². The Hall–Kier alpha value is -1.29. The lowest BCUT2D eigenvalue weighted by molar-refractivity contribution is 0.349. The number of nitrogens with zero attached hydrogens (tertiary/aromatic N) is 2. The molecule has 1 rings (SSSR count). The molecule has 0 amide bonds. The largest absolute Gasteiger partial charge is 0.366 e. The lowest BCUT2D eigenvalue weighted by atomic mass is 9.98. The molecule has 1 aromatic rings. The second-order valence-electron chi connectivity index (χ2n) is 6.33. The lowest BCUT2D eigenvalue weighted by Crippen LogP contribution is -2.38. The monoisotopic (exact) mass is 337 g/mol. The van der Waals surface area contributed by atoms with E-state index in [-0.39, 0.29) is 6.04 Å². The van der Waals surface area contributed by atoms with Gasteiger partial charge in [0.15, 0.2) is 0 Å². The molecule has 0 aliphatic carbocycles. The topological polar surface area (TPSA) is 28.2 Å². The van der Waals surface area contributed by atoms with Crippen LogP contribution in [-0.2, 0) is 6.54 Å². The van der Waals surface area contributed by atoms with Crippen LogP contribution in [0.3, 0.4) is 0 Å². The molecule has 1 atom stereocenters. The van der Waals surface area contributed by atoms with E-state index in [2.05, 4.69) is 70.0 Å². The summed E-state index contributed by atoms with van der Waals surface area (Å²) in [6.45, 7) is 23.8. The van der Waals surface area contributed by atoms with Crippen LogP contribution in [0.15, 0.2) is 30.7 Å². The van der Waals surface area contributed by atoms with Gasteiger partial charge < -0.3 is 10.2 Å². The first-order valence-corrected chi connectivity index (χ1v) is 9.30. The number of hydrogen-bond donors (Lipinski definition) is 1. The quantitative estimate of drug-likeness (QED) is 0.645. The van der Waals surface area contributed by atoms with Crippen LogP contribution in [0.5, 0.6) is 0 Å². The number of hydrogen-bond acceptors (Lipinski definition) is 4. The van der Waals surface area contributed by atoms with Crippen LogP contribution in [0.2, 0.25) is 0 Å². The SMILES string of the molecule is C=C(C)C(NC(=C)N(C)Cc1cnc(C(C)C)s1)C(C)C.CC. The Bertz CT molecular complexity index is 489. The van der Waals surface area contributed by atoms with Crippen molar-refractivity contribution in [2.45, 2.75) is 67.0 Å². The van der Waals surface area contributed by atoms with Gasteiger partial charge in [0.1, 0.15) is 0 Å². The Morgan fingerprint density at radius 3 is 2.22 bits per heavy atom. The predicted molar refractivity (Wildman–Crippen MR) is 105 cm³/mol. The molecule has 0 bridgehead atoms. The molecule has 3 nitrogen and oxygen atoms in total. The van der Waals surface area contributed by atoms with E-state index >= 15 is 0 Å². The lowest BCUT2D eigenvalue weighted by Gasteiger charge is -2.29. The van der Waals surface area contributed by atoms with Crippen LogP contribution in [0, 0.1) is 5.92 Å². The smallest absolute Gasteiger partial charge is 0.0953 e. The summed E-state index contributed by atoms with van der Waals surface area (Å²) in [5, 5.41) is 4.68. The third-order valence-electron chi connectivity index (χ3n) is 3.44. The first-order chi connectivity index (χ1) is 10.7. The summed E-state index contributed by atoms with van der Waals surface area (Å²) in [4.78, 5) is 7.87. The van der Waals surface area contributed by atoms with Crippen molar-refractivity contribution in [1.82, 2.24) is 15.2 Å². The molecule has 1 unspecified atom stereocenters. The van der Waals surface area contributed by atoms with Gasteiger partial charge in [-0.05, 0) is 12.8 Å².